The Morgan fingerprint density at radius 1 is 0.903 bits per heavy atom. The number of alkyl halides is 3. The van der Waals surface area contributed by atoms with Gasteiger partial charge in [-0.25, -0.2) is 4.98 Å². The molecule has 0 spiro atoms. The Hall–Kier alpha value is -3.95. The maximum absolute atomic E-state index is 12.9. The van der Waals surface area contributed by atoms with Crippen molar-refractivity contribution >= 4 is 23.3 Å². The van der Waals surface area contributed by atoms with Crippen molar-refractivity contribution < 1.29 is 22.8 Å². The monoisotopic (exact) mass is 429 g/mol. The van der Waals surface area contributed by atoms with Crippen molar-refractivity contribution in [2.24, 2.45) is 0 Å². The minimum Gasteiger partial charge on any atom is -0.350 e. The summed E-state index contributed by atoms with van der Waals surface area (Å²) in [6, 6.07) is 10.9. The molecule has 0 aliphatic heterocycles. The Morgan fingerprint density at radius 3 is 2.35 bits per heavy atom. The average Bonchev–Trinajstić information content (AvgIpc) is 2.77. The lowest BCUT2D eigenvalue weighted by Crippen LogP contribution is -2.35. The zero-order valence-corrected chi connectivity index (χ0v) is 16.1. The number of benzene rings is 1. The topological polar surface area (TPSA) is 96.0 Å². The van der Waals surface area contributed by atoms with E-state index in [2.05, 4.69) is 25.9 Å². The molecule has 10 heteroatoms. The first-order chi connectivity index (χ1) is 14.8. The maximum Gasteiger partial charge on any atom is 0.416 e. The van der Waals surface area contributed by atoms with Crippen LogP contribution >= 0.6 is 0 Å². The molecule has 0 saturated heterocycles. The molecular weight excluding hydrogens is 411 g/mol. The predicted octanol–water partition coefficient (Wildman–Crippen LogP) is 3.40. The highest BCUT2D eigenvalue weighted by atomic mass is 19.4. The molecule has 2 amide bonds. The van der Waals surface area contributed by atoms with Crippen LogP contribution in [0.5, 0.6) is 0 Å². The van der Waals surface area contributed by atoms with E-state index in [0.29, 0.717) is 5.56 Å². The highest BCUT2D eigenvalue weighted by molar-refractivity contribution is 5.99. The first kappa shape index (κ1) is 21.8. The molecule has 2 heterocycles. The second kappa shape index (κ2) is 9.70. The number of nitrogens with zero attached hydrogens (tertiary/aromatic N) is 2. The molecule has 7 nitrogen and oxygen atoms in total. The van der Waals surface area contributed by atoms with Crippen LogP contribution in [0.4, 0.5) is 24.7 Å². The molecule has 0 atom stereocenters. The average molecular weight is 429 g/mol. The van der Waals surface area contributed by atoms with E-state index in [1.54, 1.807) is 18.3 Å². The van der Waals surface area contributed by atoms with Gasteiger partial charge in [-0.15, -0.1) is 0 Å². The van der Waals surface area contributed by atoms with Crippen LogP contribution in [-0.4, -0.2) is 34.9 Å². The summed E-state index contributed by atoms with van der Waals surface area (Å²) in [5, 5.41) is 8.03. The predicted molar refractivity (Wildman–Crippen MR) is 108 cm³/mol. The van der Waals surface area contributed by atoms with Crippen molar-refractivity contribution in [3.8, 4) is 0 Å². The van der Waals surface area contributed by atoms with Crippen molar-refractivity contribution in [1.82, 2.24) is 20.6 Å². The smallest absolute Gasteiger partial charge is 0.350 e. The van der Waals surface area contributed by atoms with Crippen LogP contribution in [0.15, 0.2) is 67.1 Å². The fourth-order valence-corrected chi connectivity index (χ4v) is 2.64. The summed E-state index contributed by atoms with van der Waals surface area (Å²) in [5.74, 6) is -0.701. The van der Waals surface area contributed by atoms with Crippen molar-refractivity contribution in [3.63, 3.8) is 0 Å². The third kappa shape index (κ3) is 6.01. The second-order valence-electron chi connectivity index (χ2n) is 6.36. The summed E-state index contributed by atoms with van der Waals surface area (Å²) in [6.45, 7) is 0.318. The molecule has 3 aromatic rings. The van der Waals surface area contributed by atoms with E-state index in [9.17, 15) is 22.8 Å². The number of hydrogen-bond acceptors (Lipinski definition) is 5. The van der Waals surface area contributed by atoms with Gasteiger partial charge in [-0.2, -0.15) is 13.2 Å². The number of nitrogens with one attached hydrogen (secondary N) is 3. The van der Waals surface area contributed by atoms with E-state index in [-0.39, 0.29) is 36.1 Å². The van der Waals surface area contributed by atoms with Crippen molar-refractivity contribution in [1.29, 1.82) is 0 Å². The lowest BCUT2D eigenvalue weighted by Gasteiger charge is -2.13. The van der Waals surface area contributed by atoms with Crippen LogP contribution in [0.3, 0.4) is 0 Å². The highest BCUT2D eigenvalue weighted by Gasteiger charge is 2.30. The summed E-state index contributed by atoms with van der Waals surface area (Å²) in [6.07, 6.45) is -0.0890. The third-order valence-corrected chi connectivity index (χ3v) is 4.12. The summed E-state index contributed by atoms with van der Waals surface area (Å²) < 4.78 is 38.7. The Labute approximate surface area is 175 Å². The van der Waals surface area contributed by atoms with Gasteiger partial charge in [0.1, 0.15) is 5.82 Å². The van der Waals surface area contributed by atoms with Crippen LogP contribution in [0.2, 0.25) is 0 Å². The first-order valence-electron chi connectivity index (χ1n) is 9.20. The fraction of sp³-hybridized carbons (Fsp3) is 0.143. The minimum absolute atomic E-state index is 0.110. The number of halogens is 3. The second-order valence-corrected chi connectivity index (χ2v) is 6.36. The molecule has 0 aliphatic rings. The molecule has 0 radical (unpaired) electrons. The van der Waals surface area contributed by atoms with Gasteiger partial charge in [-0.1, -0.05) is 6.07 Å². The van der Waals surface area contributed by atoms with Crippen molar-refractivity contribution in [3.05, 3.63) is 83.8 Å². The largest absolute Gasteiger partial charge is 0.416 e. The quantitative estimate of drug-likeness (QED) is 0.501. The van der Waals surface area contributed by atoms with Gasteiger partial charge in [0.2, 0.25) is 0 Å². The van der Waals surface area contributed by atoms with Crippen LogP contribution in [0.25, 0.3) is 0 Å². The van der Waals surface area contributed by atoms with Crippen LogP contribution in [0, 0.1) is 0 Å². The number of pyridine rings is 2. The molecule has 2 aromatic heterocycles. The van der Waals surface area contributed by atoms with Gasteiger partial charge in [0.25, 0.3) is 11.8 Å². The summed E-state index contributed by atoms with van der Waals surface area (Å²) in [4.78, 5) is 32.4. The molecular formula is C21H18F3N5O2. The van der Waals surface area contributed by atoms with Gasteiger partial charge in [-0.3, -0.25) is 14.6 Å². The van der Waals surface area contributed by atoms with E-state index in [1.165, 1.54) is 36.7 Å². The lowest BCUT2D eigenvalue weighted by molar-refractivity contribution is -0.137. The maximum atomic E-state index is 12.9. The highest BCUT2D eigenvalue weighted by Crippen LogP contribution is 2.31. The third-order valence-electron chi connectivity index (χ3n) is 4.12. The molecule has 3 N–H and O–H groups in total. The molecule has 0 saturated carbocycles. The zero-order chi connectivity index (χ0) is 22.3. The molecule has 0 aliphatic carbocycles. The Morgan fingerprint density at radius 2 is 1.65 bits per heavy atom. The van der Waals surface area contributed by atoms with Crippen LogP contribution < -0.4 is 16.0 Å². The van der Waals surface area contributed by atoms with E-state index in [1.807, 2.05) is 0 Å². The molecule has 0 fully saturated rings. The van der Waals surface area contributed by atoms with Crippen LogP contribution in [0.1, 0.15) is 26.3 Å². The molecule has 160 valence electrons. The molecule has 0 bridgehead atoms. The number of anilines is 2. The Balaban J connectivity index is 1.60. The van der Waals surface area contributed by atoms with Gasteiger partial charge in [0.15, 0.2) is 0 Å². The molecule has 31 heavy (non-hydrogen) atoms. The van der Waals surface area contributed by atoms with Crippen molar-refractivity contribution in [2.75, 3.05) is 18.4 Å². The Bertz CT molecular complexity index is 1060. The number of aromatic nitrogens is 2. The van der Waals surface area contributed by atoms with E-state index < -0.39 is 17.6 Å². The zero-order valence-electron chi connectivity index (χ0n) is 16.1. The minimum atomic E-state index is -4.48. The van der Waals surface area contributed by atoms with Gasteiger partial charge in [-0.05, 0) is 42.5 Å². The van der Waals surface area contributed by atoms with Gasteiger partial charge in [0, 0.05) is 37.4 Å². The number of amides is 2. The lowest BCUT2D eigenvalue weighted by atomic mass is 10.2. The number of hydrogen-bond donors (Lipinski definition) is 3. The van der Waals surface area contributed by atoms with Gasteiger partial charge in [0.05, 0.1) is 16.7 Å². The first-order valence-corrected chi connectivity index (χ1v) is 9.20. The standard InChI is InChI=1S/C21H18F3N5O2/c22-21(23,24)15-5-1-6-16(12-15)29-18-17(7-3-9-26-18)20(31)28-11-10-27-19(30)14-4-2-8-25-13-14/h1-9,12-13H,10-11H2,(H,26,29)(H,27,30)(H,28,31). The van der Waals surface area contributed by atoms with E-state index in [0.717, 1.165) is 12.1 Å². The summed E-state index contributed by atoms with van der Waals surface area (Å²) in [5.41, 5.74) is -0.123. The molecule has 1 aromatic carbocycles. The number of carbonyl (C=O) groups excluding carboxylic acids is 2. The van der Waals surface area contributed by atoms with E-state index in [4.69, 9.17) is 0 Å². The number of carbonyl (C=O) groups is 2. The molecule has 0 unspecified atom stereocenters. The molecule has 3 rings (SSSR count). The van der Waals surface area contributed by atoms with Crippen molar-refractivity contribution in [2.45, 2.75) is 6.18 Å². The SMILES string of the molecule is O=C(NCCNC(=O)c1cccnc1Nc1cccc(C(F)(F)F)c1)c1cccnc1. The van der Waals surface area contributed by atoms with Gasteiger partial charge < -0.3 is 16.0 Å². The van der Waals surface area contributed by atoms with Crippen LogP contribution in [-0.2, 0) is 6.18 Å². The Kier molecular flexibility index (Phi) is 6.81. The summed E-state index contributed by atoms with van der Waals surface area (Å²) in [7, 11) is 0. The van der Waals surface area contributed by atoms with Gasteiger partial charge >= 0.3 is 6.18 Å². The number of rotatable bonds is 7. The summed E-state index contributed by atoms with van der Waals surface area (Å²) >= 11 is 0. The van der Waals surface area contributed by atoms with E-state index >= 15 is 0 Å². The normalized spacial score (nSPS) is 10.9. The fourth-order valence-electron chi connectivity index (χ4n) is 2.64.